The van der Waals surface area contributed by atoms with Crippen molar-refractivity contribution in [1.82, 2.24) is 14.5 Å². The molecule has 3 rings (SSSR count). The smallest absolute Gasteiger partial charge is 0.0997 e. The van der Waals surface area contributed by atoms with E-state index in [-0.39, 0.29) is 0 Å². The molecule has 0 radical (unpaired) electrons. The fourth-order valence-corrected chi connectivity index (χ4v) is 2.28. The van der Waals surface area contributed by atoms with E-state index in [1.54, 1.807) is 31.0 Å². The average Bonchev–Trinajstić information content (AvgIpc) is 2.89. The van der Waals surface area contributed by atoms with E-state index in [2.05, 4.69) is 56.8 Å². The molecule has 2 heterocycles. The summed E-state index contributed by atoms with van der Waals surface area (Å²) in [6, 6.07) is 10.0. The number of hydrogen-bond donors (Lipinski definition) is 1. The topological polar surface area (TPSA) is 56.7 Å². The molecule has 1 aromatic carbocycles. The molecule has 0 fully saturated rings. The van der Waals surface area contributed by atoms with Crippen LogP contribution in [0, 0.1) is 3.57 Å². The summed E-state index contributed by atoms with van der Waals surface area (Å²) in [4.78, 5) is 8.34. The van der Waals surface area contributed by atoms with Crippen LogP contribution in [0.4, 0.5) is 5.69 Å². The number of halogens is 1. The summed E-state index contributed by atoms with van der Waals surface area (Å²) in [6.07, 6.45) is 7.02. The highest BCUT2D eigenvalue weighted by Crippen LogP contribution is 2.26. The van der Waals surface area contributed by atoms with Crippen LogP contribution in [-0.4, -0.2) is 14.5 Å². The van der Waals surface area contributed by atoms with Gasteiger partial charge in [-0.05, 0) is 52.9 Å². The van der Waals surface area contributed by atoms with Gasteiger partial charge in [0.15, 0.2) is 0 Å². The third kappa shape index (κ3) is 2.33. The maximum Gasteiger partial charge on any atom is 0.0997 e. The Kier molecular flexibility index (Phi) is 3.20. The van der Waals surface area contributed by atoms with E-state index in [4.69, 9.17) is 5.73 Å². The van der Waals surface area contributed by atoms with Crippen LogP contribution in [0.25, 0.3) is 16.9 Å². The quantitative estimate of drug-likeness (QED) is 0.713. The zero-order valence-corrected chi connectivity index (χ0v) is 12.2. The summed E-state index contributed by atoms with van der Waals surface area (Å²) in [5, 5.41) is 0. The lowest BCUT2D eigenvalue weighted by Crippen LogP contribution is -1.98. The average molecular weight is 362 g/mol. The van der Waals surface area contributed by atoms with E-state index in [9.17, 15) is 0 Å². The van der Waals surface area contributed by atoms with Gasteiger partial charge in [0.1, 0.15) is 0 Å². The van der Waals surface area contributed by atoms with Crippen LogP contribution < -0.4 is 5.73 Å². The number of nitrogens with zero attached hydrogens (tertiary/aromatic N) is 3. The molecule has 0 atom stereocenters. The van der Waals surface area contributed by atoms with Gasteiger partial charge in [0.05, 0.1) is 18.2 Å². The molecule has 0 saturated heterocycles. The first kappa shape index (κ1) is 12.2. The summed E-state index contributed by atoms with van der Waals surface area (Å²) in [5.41, 5.74) is 9.57. The fraction of sp³-hybridized carbons (Fsp3) is 0. The summed E-state index contributed by atoms with van der Waals surface area (Å²) in [6.45, 7) is 0. The Bertz CT molecular complexity index is 703. The van der Waals surface area contributed by atoms with Gasteiger partial charge in [-0.2, -0.15) is 0 Å². The number of nitrogen functional groups attached to an aromatic ring is 1. The number of imidazole rings is 1. The highest BCUT2D eigenvalue weighted by Gasteiger charge is 2.09. The van der Waals surface area contributed by atoms with E-state index in [1.165, 1.54) is 3.57 Å². The Hall–Kier alpha value is -1.89. The number of hydrogen-bond acceptors (Lipinski definition) is 3. The summed E-state index contributed by atoms with van der Waals surface area (Å²) in [7, 11) is 0. The fourth-order valence-electron chi connectivity index (χ4n) is 1.92. The normalized spacial score (nSPS) is 10.6. The highest BCUT2D eigenvalue weighted by molar-refractivity contribution is 14.1. The van der Waals surface area contributed by atoms with Crippen molar-refractivity contribution in [2.24, 2.45) is 0 Å². The molecule has 0 spiro atoms. The third-order valence-electron chi connectivity index (χ3n) is 2.87. The van der Waals surface area contributed by atoms with E-state index >= 15 is 0 Å². The first-order valence-corrected chi connectivity index (χ1v) is 6.82. The van der Waals surface area contributed by atoms with Crippen LogP contribution in [0.2, 0.25) is 0 Å². The largest absolute Gasteiger partial charge is 0.398 e. The van der Waals surface area contributed by atoms with Crippen molar-refractivity contribution >= 4 is 28.3 Å². The van der Waals surface area contributed by atoms with Crippen LogP contribution in [-0.2, 0) is 0 Å². The van der Waals surface area contributed by atoms with Gasteiger partial charge in [-0.15, -0.1) is 0 Å². The lowest BCUT2D eigenvalue weighted by molar-refractivity contribution is 1.06. The zero-order chi connectivity index (χ0) is 13.2. The molecule has 94 valence electrons. The summed E-state index contributed by atoms with van der Waals surface area (Å²) >= 11 is 2.29. The van der Waals surface area contributed by atoms with Crippen molar-refractivity contribution in [1.29, 1.82) is 0 Å². The Morgan fingerprint density at radius 2 is 1.79 bits per heavy atom. The minimum Gasteiger partial charge on any atom is -0.398 e. The van der Waals surface area contributed by atoms with Gasteiger partial charge < -0.3 is 5.73 Å². The molecule has 0 bridgehead atoms. The molecule has 2 aromatic heterocycles. The number of anilines is 1. The molecule has 3 aromatic rings. The number of rotatable bonds is 2. The maximum atomic E-state index is 6.00. The molecular formula is C14H11IN4. The number of aromatic nitrogens is 3. The number of benzene rings is 1. The predicted molar refractivity (Wildman–Crippen MR) is 83.9 cm³/mol. The third-order valence-corrected chi connectivity index (χ3v) is 3.59. The number of nitrogens with two attached hydrogens (primary N) is 1. The Labute approximate surface area is 124 Å². The Balaban J connectivity index is 2.13. The van der Waals surface area contributed by atoms with Crippen LogP contribution >= 0.6 is 22.6 Å². The van der Waals surface area contributed by atoms with Gasteiger partial charge in [0.2, 0.25) is 0 Å². The second kappa shape index (κ2) is 5.00. The molecule has 19 heavy (non-hydrogen) atoms. The van der Waals surface area contributed by atoms with Crippen molar-refractivity contribution < 1.29 is 0 Å². The zero-order valence-electron chi connectivity index (χ0n) is 9.99. The van der Waals surface area contributed by atoms with Crippen LogP contribution in [0.15, 0.2) is 55.2 Å². The first-order chi connectivity index (χ1) is 9.25. The van der Waals surface area contributed by atoms with E-state index in [0.29, 0.717) is 5.69 Å². The molecule has 0 saturated carbocycles. The lowest BCUT2D eigenvalue weighted by Gasteiger charge is -2.09. The predicted octanol–water partition coefficient (Wildman–Crippen LogP) is 3.12. The van der Waals surface area contributed by atoms with Gasteiger partial charge in [0, 0.05) is 32.9 Å². The molecular weight excluding hydrogens is 351 g/mol. The molecule has 5 heteroatoms. The van der Waals surface area contributed by atoms with Gasteiger partial charge in [0.25, 0.3) is 0 Å². The standard InChI is InChI=1S/C14H11IN4/c15-10-1-3-11(4-2-10)19-9-18-8-14(19)12-7-17-6-5-13(12)16/h1-9H,(H2,16,17). The minimum absolute atomic E-state index is 0.697. The number of pyridine rings is 1. The van der Waals surface area contributed by atoms with Crippen molar-refractivity contribution in [3.05, 3.63) is 58.8 Å². The molecule has 2 N–H and O–H groups in total. The molecule has 0 aliphatic carbocycles. The maximum absolute atomic E-state index is 6.00. The van der Waals surface area contributed by atoms with E-state index < -0.39 is 0 Å². The highest BCUT2D eigenvalue weighted by atomic mass is 127. The SMILES string of the molecule is Nc1ccncc1-c1cncn1-c1ccc(I)cc1. The van der Waals surface area contributed by atoms with Gasteiger partial charge in [-0.1, -0.05) is 0 Å². The molecule has 0 amide bonds. The first-order valence-electron chi connectivity index (χ1n) is 5.74. The van der Waals surface area contributed by atoms with Crippen molar-refractivity contribution in [3.8, 4) is 16.9 Å². The van der Waals surface area contributed by atoms with Crippen molar-refractivity contribution in [2.75, 3.05) is 5.73 Å². The lowest BCUT2D eigenvalue weighted by atomic mass is 10.2. The van der Waals surface area contributed by atoms with Gasteiger partial charge in [-0.25, -0.2) is 4.98 Å². The molecule has 0 aliphatic heterocycles. The Morgan fingerprint density at radius 1 is 1.00 bits per heavy atom. The van der Waals surface area contributed by atoms with Crippen LogP contribution in [0.1, 0.15) is 0 Å². The van der Waals surface area contributed by atoms with Gasteiger partial charge >= 0.3 is 0 Å². The second-order valence-corrected chi connectivity index (χ2v) is 5.33. The van der Waals surface area contributed by atoms with Crippen LogP contribution in [0.5, 0.6) is 0 Å². The second-order valence-electron chi connectivity index (χ2n) is 4.09. The van der Waals surface area contributed by atoms with Crippen LogP contribution in [0.3, 0.4) is 0 Å². The minimum atomic E-state index is 0.697. The molecule has 0 aliphatic rings. The van der Waals surface area contributed by atoms with Crippen molar-refractivity contribution in [3.63, 3.8) is 0 Å². The Morgan fingerprint density at radius 3 is 2.53 bits per heavy atom. The molecule has 4 nitrogen and oxygen atoms in total. The van der Waals surface area contributed by atoms with E-state index in [1.807, 2.05) is 4.57 Å². The van der Waals surface area contributed by atoms with E-state index in [0.717, 1.165) is 16.9 Å². The van der Waals surface area contributed by atoms with Gasteiger partial charge in [-0.3, -0.25) is 9.55 Å². The summed E-state index contributed by atoms with van der Waals surface area (Å²) < 4.78 is 3.20. The molecule has 0 unspecified atom stereocenters. The summed E-state index contributed by atoms with van der Waals surface area (Å²) in [5.74, 6) is 0. The van der Waals surface area contributed by atoms with Crippen molar-refractivity contribution in [2.45, 2.75) is 0 Å². The monoisotopic (exact) mass is 362 g/mol.